The number of rotatable bonds is 11. The van der Waals surface area contributed by atoms with Crippen molar-refractivity contribution in [3.05, 3.63) is 35.4 Å². The first-order valence-corrected chi connectivity index (χ1v) is 8.23. The summed E-state index contributed by atoms with van der Waals surface area (Å²) in [6.07, 6.45) is 4.63. The second-order valence-electron chi connectivity index (χ2n) is 5.93. The van der Waals surface area contributed by atoms with Crippen LogP contribution < -0.4 is 5.73 Å². The Morgan fingerprint density at radius 1 is 1.17 bits per heavy atom. The van der Waals surface area contributed by atoms with Crippen molar-refractivity contribution in [2.24, 2.45) is 11.7 Å². The van der Waals surface area contributed by atoms with Crippen LogP contribution in [0.5, 0.6) is 0 Å². The molecule has 4 N–H and O–H groups in total. The molecule has 0 aliphatic carbocycles. The van der Waals surface area contributed by atoms with E-state index in [-0.39, 0.29) is 19.1 Å². The van der Waals surface area contributed by atoms with Gasteiger partial charge in [0.05, 0.1) is 13.7 Å². The van der Waals surface area contributed by atoms with Crippen LogP contribution in [0.1, 0.15) is 36.8 Å². The zero-order valence-corrected chi connectivity index (χ0v) is 14.1. The minimum atomic E-state index is -1.18. The Bertz CT molecular complexity index is 532. The molecule has 0 saturated carbocycles. The molecule has 1 unspecified atom stereocenters. The lowest BCUT2D eigenvalue weighted by atomic mass is 9.93. The number of aliphatic carboxylic acids is 1. The van der Waals surface area contributed by atoms with Crippen LogP contribution in [0, 0.1) is 5.92 Å². The van der Waals surface area contributed by atoms with Crippen molar-refractivity contribution in [2.45, 2.75) is 44.6 Å². The largest absolute Gasteiger partial charge is 0.481 e. The van der Waals surface area contributed by atoms with Crippen LogP contribution >= 0.6 is 0 Å². The summed E-state index contributed by atoms with van der Waals surface area (Å²) < 4.78 is 4.58. The Morgan fingerprint density at radius 2 is 1.83 bits per heavy atom. The monoisotopic (exact) mass is 337 g/mol. The van der Waals surface area contributed by atoms with Gasteiger partial charge in [0.2, 0.25) is 0 Å². The molecule has 1 aromatic rings. The van der Waals surface area contributed by atoms with Gasteiger partial charge in [0.1, 0.15) is 0 Å². The summed E-state index contributed by atoms with van der Waals surface area (Å²) in [4.78, 5) is 22.9. The van der Waals surface area contributed by atoms with E-state index in [1.54, 1.807) is 0 Å². The number of esters is 1. The van der Waals surface area contributed by atoms with Gasteiger partial charge in [-0.05, 0) is 36.8 Å². The molecular weight excluding hydrogens is 310 g/mol. The summed E-state index contributed by atoms with van der Waals surface area (Å²) in [5.74, 6) is -3.08. The molecule has 0 saturated heterocycles. The van der Waals surface area contributed by atoms with Crippen LogP contribution in [-0.4, -0.2) is 41.9 Å². The number of hydrogen-bond donors (Lipinski definition) is 3. The first-order valence-electron chi connectivity index (χ1n) is 8.23. The van der Waals surface area contributed by atoms with E-state index in [4.69, 9.17) is 10.8 Å². The molecule has 0 amide bonds. The molecule has 0 bridgehead atoms. The molecule has 2 atom stereocenters. The highest BCUT2D eigenvalue weighted by atomic mass is 16.5. The van der Waals surface area contributed by atoms with Crippen LogP contribution in [0.2, 0.25) is 0 Å². The van der Waals surface area contributed by atoms with Gasteiger partial charge >= 0.3 is 11.9 Å². The zero-order valence-electron chi connectivity index (χ0n) is 14.1. The minimum absolute atomic E-state index is 0.00688. The number of carbonyl (C=O) groups excluding carboxylic acids is 1. The molecule has 6 heteroatoms. The normalized spacial score (nSPS) is 13.3. The topological polar surface area (TPSA) is 110 Å². The maximum Gasteiger partial charge on any atom is 0.320 e. The highest BCUT2D eigenvalue weighted by Gasteiger charge is 2.28. The standard InChI is InChI=1S/C18H27NO5/c1-24-18(23)16(17(21)22)11-14-9-6-5-8-13(14)7-3-2-4-10-15(19)12-20/h5-6,8-9,15-16,20H,2-4,7,10-12,19H2,1H3,(H,21,22)/t15-,16?/m0/s1. The van der Waals surface area contributed by atoms with Gasteiger partial charge in [-0.2, -0.15) is 0 Å². The number of hydrogen-bond acceptors (Lipinski definition) is 5. The molecule has 0 fully saturated rings. The van der Waals surface area contributed by atoms with Crippen LogP contribution in [-0.2, 0) is 27.2 Å². The van der Waals surface area contributed by atoms with Crippen LogP contribution in [0.4, 0.5) is 0 Å². The van der Waals surface area contributed by atoms with Crippen molar-refractivity contribution in [3.8, 4) is 0 Å². The third-order valence-corrected chi connectivity index (χ3v) is 4.08. The number of benzene rings is 1. The van der Waals surface area contributed by atoms with Crippen LogP contribution in [0.3, 0.4) is 0 Å². The van der Waals surface area contributed by atoms with Crippen LogP contribution in [0.15, 0.2) is 24.3 Å². The predicted octanol–water partition coefficient (Wildman–Crippen LogP) is 1.53. The van der Waals surface area contributed by atoms with Gasteiger partial charge in [0, 0.05) is 6.04 Å². The van der Waals surface area contributed by atoms with Gasteiger partial charge in [-0.3, -0.25) is 9.59 Å². The summed E-state index contributed by atoms with van der Waals surface area (Å²) in [6.45, 7) is 0.00688. The second kappa shape index (κ2) is 10.8. The number of methoxy groups -OCH3 is 1. The van der Waals surface area contributed by atoms with Gasteiger partial charge < -0.3 is 20.7 Å². The second-order valence-corrected chi connectivity index (χ2v) is 5.93. The number of nitrogens with two attached hydrogens (primary N) is 1. The Morgan fingerprint density at radius 3 is 2.42 bits per heavy atom. The number of ether oxygens (including phenoxy) is 1. The Hall–Kier alpha value is -1.92. The van der Waals surface area contributed by atoms with Crippen molar-refractivity contribution >= 4 is 11.9 Å². The predicted molar refractivity (Wildman–Crippen MR) is 90.5 cm³/mol. The van der Waals surface area contributed by atoms with Crippen molar-refractivity contribution in [2.75, 3.05) is 13.7 Å². The fraction of sp³-hybridized carbons (Fsp3) is 0.556. The molecule has 0 heterocycles. The number of carboxylic acid groups (broad SMARTS) is 1. The third-order valence-electron chi connectivity index (χ3n) is 4.08. The SMILES string of the molecule is COC(=O)C(Cc1ccccc1CCCCC[C@H](N)CO)C(=O)O. The average molecular weight is 337 g/mol. The maximum absolute atomic E-state index is 11.6. The Kier molecular flexibility index (Phi) is 9.04. The summed E-state index contributed by atoms with van der Waals surface area (Å²) in [5.41, 5.74) is 7.58. The van der Waals surface area contributed by atoms with E-state index in [0.717, 1.165) is 43.2 Å². The first-order chi connectivity index (χ1) is 11.5. The number of aliphatic hydroxyl groups is 1. The van der Waals surface area contributed by atoms with Gasteiger partial charge in [0.25, 0.3) is 0 Å². The van der Waals surface area contributed by atoms with Gasteiger partial charge in [-0.15, -0.1) is 0 Å². The highest BCUT2D eigenvalue weighted by Crippen LogP contribution is 2.18. The van der Waals surface area contributed by atoms with Gasteiger partial charge in [-0.1, -0.05) is 37.1 Å². The first kappa shape index (κ1) is 20.1. The van der Waals surface area contributed by atoms with E-state index in [9.17, 15) is 14.7 Å². The molecule has 1 aromatic carbocycles. The summed E-state index contributed by atoms with van der Waals surface area (Å²) in [5, 5.41) is 18.1. The van der Waals surface area contributed by atoms with E-state index >= 15 is 0 Å². The van der Waals surface area contributed by atoms with E-state index in [1.807, 2.05) is 24.3 Å². The average Bonchev–Trinajstić information content (AvgIpc) is 2.59. The molecule has 0 radical (unpaired) electrons. The molecule has 134 valence electrons. The van der Waals surface area contributed by atoms with Crippen LogP contribution in [0.25, 0.3) is 0 Å². The minimum Gasteiger partial charge on any atom is -0.481 e. The molecule has 0 aliphatic heterocycles. The van der Waals surface area contributed by atoms with E-state index in [2.05, 4.69) is 4.74 Å². The van der Waals surface area contributed by atoms with Crippen molar-refractivity contribution < 1.29 is 24.5 Å². The van der Waals surface area contributed by atoms with Gasteiger partial charge in [-0.25, -0.2) is 0 Å². The number of aryl methyl sites for hydroxylation is 1. The lowest BCUT2D eigenvalue weighted by Crippen LogP contribution is -2.27. The molecule has 6 nitrogen and oxygen atoms in total. The number of carbonyl (C=O) groups is 2. The molecule has 0 aliphatic rings. The maximum atomic E-state index is 11.6. The molecule has 24 heavy (non-hydrogen) atoms. The fourth-order valence-corrected chi connectivity index (χ4v) is 2.62. The fourth-order valence-electron chi connectivity index (χ4n) is 2.62. The van der Waals surface area contributed by atoms with E-state index < -0.39 is 17.9 Å². The third kappa shape index (κ3) is 6.68. The van der Waals surface area contributed by atoms with Gasteiger partial charge in [0.15, 0.2) is 5.92 Å². The number of unbranched alkanes of at least 4 members (excludes halogenated alkanes) is 2. The molecular formula is C18H27NO5. The highest BCUT2D eigenvalue weighted by molar-refractivity contribution is 5.94. The quantitative estimate of drug-likeness (QED) is 0.321. The summed E-state index contributed by atoms with van der Waals surface area (Å²) in [7, 11) is 1.20. The molecule has 0 aromatic heterocycles. The van der Waals surface area contributed by atoms with Crippen molar-refractivity contribution in [1.82, 2.24) is 0 Å². The number of aliphatic hydroxyl groups excluding tert-OH is 1. The number of carboxylic acids is 1. The zero-order chi connectivity index (χ0) is 17.9. The lowest BCUT2D eigenvalue weighted by Gasteiger charge is -2.14. The molecule has 0 spiro atoms. The summed E-state index contributed by atoms with van der Waals surface area (Å²) in [6, 6.07) is 7.42. The summed E-state index contributed by atoms with van der Waals surface area (Å²) >= 11 is 0. The smallest absolute Gasteiger partial charge is 0.320 e. The van der Waals surface area contributed by atoms with Crippen molar-refractivity contribution in [3.63, 3.8) is 0 Å². The van der Waals surface area contributed by atoms with E-state index in [1.165, 1.54) is 7.11 Å². The van der Waals surface area contributed by atoms with Crippen molar-refractivity contribution in [1.29, 1.82) is 0 Å². The molecule has 1 rings (SSSR count). The lowest BCUT2D eigenvalue weighted by molar-refractivity contribution is -0.156. The Balaban J connectivity index is 2.61. The Labute approximate surface area is 142 Å². The van der Waals surface area contributed by atoms with E-state index in [0.29, 0.717) is 0 Å².